The summed E-state index contributed by atoms with van der Waals surface area (Å²) in [5.74, 6) is 0. The van der Waals surface area contributed by atoms with Crippen LogP contribution in [0.5, 0.6) is 0 Å². The van der Waals surface area contributed by atoms with Crippen LogP contribution in [0, 0.1) is 5.41 Å². The second-order valence-electron chi connectivity index (χ2n) is 5.40. The predicted octanol–water partition coefficient (Wildman–Crippen LogP) is 3.78. The molecule has 74 valence electrons. The van der Waals surface area contributed by atoms with Gasteiger partial charge in [-0.25, -0.2) is 0 Å². The van der Waals surface area contributed by atoms with E-state index in [1.807, 2.05) is 6.92 Å². The lowest BCUT2D eigenvalue weighted by Crippen LogP contribution is -2.23. The second kappa shape index (κ2) is 3.96. The minimum absolute atomic E-state index is 0.0394. The van der Waals surface area contributed by atoms with Crippen LogP contribution in [0.15, 0.2) is 0 Å². The largest absolute Gasteiger partial charge is 0.326 e. The standard InChI is InChI=1S/C10H23OP/c1-7-12(11)10(5,6)8-9(2,3)4/h12H,7-8H2,1-6H3. The van der Waals surface area contributed by atoms with Gasteiger partial charge in [0.05, 0.1) is 7.80 Å². The first-order chi connectivity index (χ1) is 5.19. The smallest absolute Gasteiger partial charge is 0.0812 e. The summed E-state index contributed by atoms with van der Waals surface area (Å²) in [6.07, 6.45) is 1.89. The maximum Gasteiger partial charge on any atom is 0.0812 e. The van der Waals surface area contributed by atoms with Gasteiger partial charge in [-0.3, -0.25) is 0 Å². The molecular weight excluding hydrogens is 167 g/mol. The van der Waals surface area contributed by atoms with E-state index in [0.29, 0.717) is 5.41 Å². The van der Waals surface area contributed by atoms with E-state index in [1.54, 1.807) is 0 Å². The van der Waals surface area contributed by atoms with Gasteiger partial charge < -0.3 is 4.57 Å². The normalized spacial score (nSPS) is 16.2. The van der Waals surface area contributed by atoms with Crippen LogP contribution >= 0.6 is 7.80 Å². The molecule has 1 nitrogen and oxygen atoms in total. The molecule has 0 rings (SSSR count). The molecule has 0 aliphatic rings. The van der Waals surface area contributed by atoms with Crippen LogP contribution in [0.1, 0.15) is 48.0 Å². The highest BCUT2D eigenvalue weighted by molar-refractivity contribution is 7.46. The highest BCUT2D eigenvalue weighted by atomic mass is 31.1. The molecule has 0 radical (unpaired) electrons. The molecule has 0 heterocycles. The summed E-state index contributed by atoms with van der Waals surface area (Å²) in [6.45, 7) is 12.9. The van der Waals surface area contributed by atoms with E-state index < -0.39 is 7.80 Å². The third-order valence-corrected chi connectivity index (χ3v) is 4.38. The molecular formula is C10H23OP. The van der Waals surface area contributed by atoms with Gasteiger partial charge in [-0.05, 0) is 18.0 Å². The molecule has 0 bridgehead atoms. The van der Waals surface area contributed by atoms with E-state index in [1.165, 1.54) is 0 Å². The van der Waals surface area contributed by atoms with Crippen molar-refractivity contribution in [2.24, 2.45) is 5.41 Å². The predicted molar refractivity (Wildman–Crippen MR) is 57.7 cm³/mol. The first kappa shape index (κ1) is 12.2. The molecule has 0 saturated carbocycles. The van der Waals surface area contributed by atoms with Crippen LogP contribution < -0.4 is 0 Å². The third-order valence-electron chi connectivity index (χ3n) is 2.05. The van der Waals surface area contributed by atoms with E-state index in [-0.39, 0.29) is 5.16 Å². The lowest BCUT2D eigenvalue weighted by molar-refractivity contribution is 0.331. The van der Waals surface area contributed by atoms with Gasteiger partial charge in [-0.1, -0.05) is 41.5 Å². The van der Waals surface area contributed by atoms with Crippen LogP contribution in [0.4, 0.5) is 0 Å². The minimum atomic E-state index is -1.39. The Balaban J connectivity index is 4.32. The van der Waals surface area contributed by atoms with Crippen molar-refractivity contribution in [2.45, 2.75) is 53.1 Å². The summed E-state index contributed by atoms with van der Waals surface area (Å²) >= 11 is 0. The van der Waals surface area contributed by atoms with Crippen molar-refractivity contribution in [3.8, 4) is 0 Å². The molecule has 0 aliphatic heterocycles. The fourth-order valence-corrected chi connectivity index (χ4v) is 3.59. The molecule has 2 heteroatoms. The highest BCUT2D eigenvalue weighted by Crippen LogP contribution is 2.45. The lowest BCUT2D eigenvalue weighted by atomic mass is 9.86. The van der Waals surface area contributed by atoms with Crippen molar-refractivity contribution in [1.82, 2.24) is 0 Å². The van der Waals surface area contributed by atoms with E-state index in [2.05, 4.69) is 34.6 Å². The van der Waals surface area contributed by atoms with Crippen molar-refractivity contribution in [3.05, 3.63) is 0 Å². The molecule has 0 aliphatic carbocycles. The van der Waals surface area contributed by atoms with Crippen LogP contribution in [-0.2, 0) is 4.57 Å². The van der Waals surface area contributed by atoms with Gasteiger partial charge >= 0.3 is 0 Å². The molecule has 1 atom stereocenters. The van der Waals surface area contributed by atoms with Crippen molar-refractivity contribution in [2.75, 3.05) is 6.16 Å². The summed E-state index contributed by atoms with van der Waals surface area (Å²) < 4.78 is 11.7. The fourth-order valence-electron chi connectivity index (χ4n) is 1.90. The van der Waals surface area contributed by atoms with E-state index >= 15 is 0 Å². The second-order valence-corrected chi connectivity index (χ2v) is 8.31. The molecule has 1 unspecified atom stereocenters. The van der Waals surface area contributed by atoms with Gasteiger partial charge in [-0.15, -0.1) is 0 Å². The summed E-state index contributed by atoms with van der Waals surface area (Å²) in [5, 5.41) is 0.0394. The minimum Gasteiger partial charge on any atom is -0.326 e. The third kappa shape index (κ3) is 4.30. The van der Waals surface area contributed by atoms with Gasteiger partial charge in [0.15, 0.2) is 0 Å². The van der Waals surface area contributed by atoms with Gasteiger partial charge in [0.1, 0.15) is 0 Å². The number of rotatable bonds is 3. The van der Waals surface area contributed by atoms with Crippen LogP contribution in [0.25, 0.3) is 0 Å². The Hall–Kier alpha value is 0.230. The zero-order chi connectivity index (χ0) is 9.99. The molecule has 0 spiro atoms. The summed E-state index contributed by atoms with van der Waals surface area (Å²) in [5.41, 5.74) is 0.291. The maximum absolute atomic E-state index is 11.7. The average Bonchev–Trinajstić information content (AvgIpc) is 1.80. The summed E-state index contributed by atoms with van der Waals surface area (Å²) in [4.78, 5) is 0. The Kier molecular flexibility index (Phi) is 4.03. The average molecular weight is 190 g/mol. The van der Waals surface area contributed by atoms with Crippen LogP contribution in [0.2, 0.25) is 0 Å². The maximum atomic E-state index is 11.7. The van der Waals surface area contributed by atoms with E-state index in [4.69, 9.17) is 0 Å². The van der Waals surface area contributed by atoms with Crippen molar-refractivity contribution in [3.63, 3.8) is 0 Å². The highest BCUT2D eigenvalue weighted by Gasteiger charge is 2.29. The zero-order valence-corrected chi connectivity index (χ0v) is 10.3. The van der Waals surface area contributed by atoms with Gasteiger partial charge in [0.25, 0.3) is 0 Å². The Morgan fingerprint density at radius 3 is 1.75 bits per heavy atom. The molecule has 0 saturated heterocycles. The monoisotopic (exact) mass is 190 g/mol. The van der Waals surface area contributed by atoms with E-state index in [9.17, 15) is 4.57 Å². The SMILES string of the molecule is CC[PH](=O)C(C)(C)CC(C)(C)C. The van der Waals surface area contributed by atoms with Crippen molar-refractivity contribution >= 4 is 7.80 Å². The van der Waals surface area contributed by atoms with Crippen LogP contribution in [0.3, 0.4) is 0 Å². The fraction of sp³-hybridized carbons (Fsp3) is 1.00. The molecule has 0 aromatic heterocycles. The first-order valence-electron chi connectivity index (χ1n) is 4.72. The Morgan fingerprint density at radius 1 is 1.08 bits per heavy atom. The summed E-state index contributed by atoms with van der Waals surface area (Å²) in [6, 6.07) is 0. The molecule has 0 N–H and O–H groups in total. The van der Waals surface area contributed by atoms with Gasteiger partial charge in [-0.2, -0.15) is 0 Å². The molecule has 0 fully saturated rings. The van der Waals surface area contributed by atoms with Gasteiger partial charge in [0, 0.05) is 5.16 Å². The number of hydrogen-bond donors (Lipinski definition) is 0. The quantitative estimate of drug-likeness (QED) is 0.619. The number of hydrogen-bond acceptors (Lipinski definition) is 1. The van der Waals surface area contributed by atoms with Crippen LogP contribution in [-0.4, -0.2) is 11.3 Å². The van der Waals surface area contributed by atoms with Crippen molar-refractivity contribution < 1.29 is 4.57 Å². The molecule has 0 aromatic carbocycles. The molecule has 0 aromatic rings. The summed E-state index contributed by atoms with van der Waals surface area (Å²) in [7, 11) is -1.39. The first-order valence-corrected chi connectivity index (χ1v) is 6.34. The Morgan fingerprint density at radius 2 is 1.50 bits per heavy atom. The van der Waals surface area contributed by atoms with E-state index in [0.717, 1.165) is 12.6 Å². The molecule has 12 heavy (non-hydrogen) atoms. The Bertz CT molecular complexity index is 165. The lowest BCUT2D eigenvalue weighted by Gasteiger charge is -2.31. The topological polar surface area (TPSA) is 17.1 Å². The van der Waals surface area contributed by atoms with Gasteiger partial charge in [0.2, 0.25) is 0 Å². The Labute approximate surface area is 77.7 Å². The zero-order valence-electron chi connectivity index (χ0n) is 9.32. The molecule has 0 amide bonds. The van der Waals surface area contributed by atoms with Crippen molar-refractivity contribution in [1.29, 1.82) is 0 Å².